The van der Waals surface area contributed by atoms with Gasteiger partial charge in [-0.05, 0) is 67.7 Å². The fourth-order valence-corrected chi connectivity index (χ4v) is 5.08. The second-order valence-corrected chi connectivity index (χ2v) is 6.86. The number of hydrogen-bond acceptors (Lipinski definition) is 1. The molecule has 2 bridgehead atoms. The fourth-order valence-electron chi connectivity index (χ4n) is 5.08. The predicted molar refractivity (Wildman–Crippen MR) is 68.2 cm³/mol. The van der Waals surface area contributed by atoms with Crippen LogP contribution >= 0.6 is 0 Å². The molecule has 16 heavy (non-hydrogen) atoms. The van der Waals surface area contributed by atoms with Gasteiger partial charge in [0.05, 0.1) is 0 Å². The zero-order chi connectivity index (χ0) is 11.3. The summed E-state index contributed by atoms with van der Waals surface area (Å²) in [5.41, 5.74) is 0. The summed E-state index contributed by atoms with van der Waals surface area (Å²) in [5, 5.41) is 3.77. The molecule has 0 amide bonds. The van der Waals surface area contributed by atoms with Crippen molar-refractivity contribution in [2.24, 2.45) is 35.5 Å². The van der Waals surface area contributed by atoms with E-state index in [9.17, 15) is 0 Å². The Hall–Kier alpha value is -0.0400. The van der Waals surface area contributed by atoms with Gasteiger partial charge in [0.15, 0.2) is 0 Å². The Morgan fingerprint density at radius 2 is 1.75 bits per heavy atom. The maximum Gasteiger partial charge on any atom is 0.0103 e. The molecular formula is C15H27N. The van der Waals surface area contributed by atoms with E-state index in [1.165, 1.54) is 6.42 Å². The van der Waals surface area contributed by atoms with Gasteiger partial charge < -0.3 is 5.32 Å². The van der Waals surface area contributed by atoms with Gasteiger partial charge in [-0.1, -0.05) is 20.8 Å². The van der Waals surface area contributed by atoms with Gasteiger partial charge in [-0.15, -0.1) is 0 Å². The van der Waals surface area contributed by atoms with Gasteiger partial charge in [0.2, 0.25) is 0 Å². The molecule has 3 aliphatic carbocycles. The average Bonchev–Trinajstić information content (AvgIpc) is 2.66. The molecule has 0 aromatic heterocycles. The Kier molecular flexibility index (Phi) is 2.78. The minimum Gasteiger partial charge on any atom is -0.314 e. The summed E-state index contributed by atoms with van der Waals surface area (Å²) in [7, 11) is 0. The lowest BCUT2D eigenvalue weighted by molar-refractivity contribution is 0.325. The molecule has 0 saturated heterocycles. The van der Waals surface area contributed by atoms with Crippen LogP contribution in [0.2, 0.25) is 0 Å². The fraction of sp³-hybridized carbons (Fsp3) is 1.00. The molecule has 3 aliphatic rings. The quantitative estimate of drug-likeness (QED) is 0.751. The molecule has 0 heterocycles. The number of hydrogen-bond donors (Lipinski definition) is 1. The van der Waals surface area contributed by atoms with Crippen molar-refractivity contribution >= 4 is 0 Å². The van der Waals surface area contributed by atoms with Crippen LogP contribution in [0.1, 0.15) is 46.5 Å². The molecule has 5 atom stereocenters. The van der Waals surface area contributed by atoms with Crippen LogP contribution in [0.5, 0.6) is 0 Å². The molecule has 0 radical (unpaired) electrons. The second-order valence-electron chi connectivity index (χ2n) is 6.86. The maximum atomic E-state index is 3.77. The van der Waals surface area contributed by atoms with Crippen LogP contribution < -0.4 is 5.32 Å². The van der Waals surface area contributed by atoms with E-state index in [2.05, 4.69) is 26.1 Å². The van der Waals surface area contributed by atoms with Gasteiger partial charge >= 0.3 is 0 Å². The Bertz CT molecular complexity index is 244. The van der Waals surface area contributed by atoms with Gasteiger partial charge in [0.25, 0.3) is 0 Å². The van der Waals surface area contributed by atoms with E-state index in [0.717, 1.165) is 48.1 Å². The maximum absolute atomic E-state index is 3.77. The highest BCUT2D eigenvalue weighted by Gasteiger charge is 2.66. The van der Waals surface area contributed by atoms with Crippen molar-refractivity contribution in [3.05, 3.63) is 0 Å². The third-order valence-corrected chi connectivity index (χ3v) is 5.45. The molecule has 1 N–H and O–H groups in total. The van der Waals surface area contributed by atoms with Crippen molar-refractivity contribution in [1.82, 2.24) is 5.32 Å². The summed E-state index contributed by atoms with van der Waals surface area (Å²) < 4.78 is 0. The first-order valence-corrected chi connectivity index (χ1v) is 7.45. The summed E-state index contributed by atoms with van der Waals surface area (Å²) in [6.45, 7) is 8.16. The number of nitrogens with one attached hydrogen (secondary N) is 1. The molecule has 1 heteroatoms. The van der Waals surface area contributed by atoms with E-state index in [4.69, 9.17) is 0 Å². The van der Waals surface area contributed by atoms with E-state index >= 15 is 0 Å². The third kappa shape index (κ3) is 1.63. The average molecular weight is 221 g/mol. The molecule has 92 valence electrons. The highest BCUT2D eigenvalue weighted by atomic mass is 14.9. The van der Waals surface area contributed by atoms with Crippen molar-refractivity contribution in [3.63, 3.8) is 0 Å². The predicted octanol–water partition coefficient (Wildman–Crippen LogP) is 3.30. The van der Waals surface area contributed by atoms with Crippen LogP contribution in [0.3, 0.4) is 0 Å². The number of rotatable bonds is 5. The van der Waals surface area contributed by atoms with Crippen LogP contribution in [0, 0.1) is 35.5 Å². The van der Waals surface area contributed by atoms with Gasteiger partial charge in [0.1, 0.15) is 0 Å². The highest BCUT2D eigenvalue weighted by Crippen LogP contribution is 2.70. The molecule has 3 saturated carbocycles. The van der Waals surface area contributed by atoms with Crippen molar-refractivity contribution in [3.8, 4) is 0 Å². The first-order valence-electron chi connectivity index (χ1n) is 7.45. The first-order chi connectivity index (χ1) is 7.72. The highest BCUT2D eigenvalue weighted by molar-refractivity contribution is 5.15. The Balaban J connectivity index is 1.64. The smallest absolute Gasteiger partial charge is 0.0103 e. The van der Waals surface area contributed by atoms with Crippen molar-refractivity contribution < 1.29 is 0 Å². The van der Waals surface area contributed by atoms with Crippen LogP contribution in [-0.4, -0.2) is 12.6 Å². The molecule has 3 fully saturated rings. The van der Waals surface area contributed by atoms with Crippen LogP contribution in [0.25, 0.3) is 0 Å². The van der Waals surface area contributed by atoms with Crippen LogP contribution in [-0.2, 0) is 0 Å². The van der Waals surface area contributed by atoms with Gasteiger partial charge in [-0.2, -0.15) is 0 Å². The second kappa shape index (κ2) is 4.01. The van der Waals surface area contributed by atoms with E-state index in [1.54, 1.807) is 19.3 Å². The van der Waals surface area contributed by atoms with Crippen molar-refractivity contribution in [2.45, 2.75) is 52.5 Å². The molecule has 1 nitrogen and oxygen atoms in total. The standard InChI is InChI=1S/C15H27N/c1-4-16-12(7-9(2)3)15-13-10-5-6-11(8-10)14(13)15/h9-16H,4-8H2,1-3H3. The minimum absolute atomic E-state index is 0.836. The molecular weight excluding hydrogens is 194 g/mol. The first kappa shape index (κ1) is 11.1. The molecule has 5 unspecified atom stereocenters. The number of fused-ring (bicyclic) bond motifs is 5. The van der Waals surface area contributed by atoms with E-state index in [-0.39, 0.29) is 0 Å². The molecule has 0 spiro atoms. The summed E-state index contributed by atoms with van der Waals surface area (Å²) >= 11 is 0. The van der Waals surface area contributed by atoms with E-state index in [1.807, 2.05) is 0 Å². The topological polar surface area (TPSA) is 12.0 Å². The third-order valence-electron chi connectivity index (χ3n) is 5.45. The lowest BCUT2D eigenvalue weighted by atomic mass is 9.92. The van der Waals surface area contributed by atoms with Crippen LogP contribution in [0.15, 0.2) is 0 Å². The van der Waals surface area contributed by atoms with Gasteiger partial charge in [0, 0.05) is 6.04 Å². The van der Waals surface area contributed by atoms with Gasteiger partial charge in [-0.25, -0.2) is 0 Å². The Labute approximate surface area is 100 Å². The summed E-state index contributed by atoms with van der Waals surface area (Å²) in [5.74, 6) is 6.46. The van der Waals surface area contributed by atoms with Gasteiger partial charge in [-0.3, -0.25) is 0 Å². The summed E-state index contributed by atoms with van der Waals surface area (Å²) in [4.78, 5) is 0. The normalized spacial score (nSPS) is 46.1. The minimum atomic E-state index is 0.836. The zero-order valence-corrected chi connectivity index (χ0v) is 11.1. The van der Waals surface area contributed by atoms with E-state index < -0.39 is 0 Å². The van der Waals surface area contributed by atoms with Crippen molar-refractivity contribution in [1.29, 1.82) is 0 Å². The van der Waals surface area contributed by atoms with Crippen molar-refractivity contribution in [2.75, 3.05) is 6.54 Å². The molecule has 0 aliphatic heterocycles. The Morgan fingerprint density at radius 1 is 1.12 bits per heavy atom. The Morgan fingerprint density at radius 3 is 2.25 bits per heavy atom. The summed E-state index contributed by atoms with van der Waals surface area (Å²) in [6.07, 6.45) is 6.10. The molecule has 0 aromatic carbocycles. The van der Waals surface area contributed by atoms with E-state index in [0.29, 0.717) is 0 Å². The molecule has 3 rings (SSSR count). The molecule has 0 aromatic rings. The van der Waals surface area contributed by atoms with Crippen LogP contribution in [0.4, 0.5) is 0 Å². The monoisotopic (exact) mass is 221 g/mol. The zero-order valence-electron chi connectivity index (χ0n) is 11.1. The SMILES string of the molecule is CCNC(CC(C)C)C1C2C3CCC(C3)C21. The lowest BCUT2D eigenvalue weighted by Crippen LogP contribution is -2.34. The largest absolute Gasteiger partial charge is 0.314 e. The summed E-state index contributed by atoms with van der Waals surface area (Å²) in [6, 6.07) is 0.836. The lowest BCUT2D eigenvalue weighted by Gasteiger charge is -2.23.